The van der Waals surface area contributed by atoms with Crippen molar-refractivity contribution in [3.8, 4) is 0 Å². The van der Waals surface area contributed by atoms with Crippen LogP contribution in [-0.4, -0.2) is 36.3 Å². The van der Waals surface area contributed by atoms with Gasteiger partial charge in [0.05, 0.1) is 5.57 Å². The molecule has 1 aromatic carbocycles. The van der Waals surface area contributed by atoms with Crippen molar-refractivity contribution in [3.63, 3.8) is 0 Å². The molecule has 2 amide bonds. The molecule has 146 valence electrons. The number of benzene rings is 1. The summed E-state index contributed by atoms with van der Waals surface area (Å²) < 4.78 is 0. The van der Waals surface area contributed by atoms with Crippen LogP contribution in [0.25, 0.3) is 5.57 Å². The zero-order valence-corrected chi connectivity index (χ0v) is 17.1. The van der Waals surface area contributed by atoms with E-state index >= 15 is 0 Å². The molecule has 0 unspecified atom stereocenters. The second-order valence-electron chi connectivity index (χ2n) is 7.71. The van der Waals surface area contributed by atoms with Crippen LogP contribution in [-0.2, 0) is 9.59 Å². The molecule has 1 N–H and O–H groups in total. The van der Waals surface area contributed by atoms with E-state index in [2.05, 4.69) is 22.3 Å². The average Bonchev–Trinajstić information content (AvgIpc) is 3.42. The van der Waals surface area contributed by atoms with Crippen molar-refractivity contribution < 1.29 is 9.59 Å². The molecular weight excluding hydrogens is 370 g/mol. The van der Waals surface area contributed by atoms with Gasteiger partial charge in [-0.05, 0) is 54.5 Å². The smallest absolute Gasteiger partial charge is 0.278 e. The number of anilines is 2. The summed E-state index contributed by atoms with van der Waals surface area (Å²) in [7, 11) is 0. The van der Waals surface area contributed by atoms with Crippen molar-refractivity contribution in [2.45, 2.75) is 26.7 Å². The molecule has 1 aromatic heterocycles. The lowest BCUT2D eigenvalue weighted by atomic mass is 10.1. The van der Waals surface area contributed by atoms with Crippen molar-refractivity contribution in [1.82, 2.24) is 4.90 Å². The van der Waals surface area contributed by atoms with Gasteiger partial charge in [-0.1, -0.05) is 19.9 Å². The summed E-state index contributed by atoms with van der Waals surface area (Å²) in [5.41, 5.74) is 2.87. The van der Waals surface area contributed by atoms with Crippen molar-refractivity contribution in [2.24, 2.45) is 5.92 Å². The van der Waals surface area contributed by atoms with E-state index in [1.165, 1.54) is 34.8 Å². The third kappa shape index (κ3) is 3.56. The Bertz CT molecular complexity index is 894. The van der Waals surface area contributed by atoms with Gasteiger partial charge in [0.1, 0.15) is 5.70 Å². The number of hydrogen-bond donors (Lipinski definition) is 1. The number of nitrogens with zero attached hydrogens (tertiary/aromatic N) is 2. The van der Waals surface area contributed by atoms with Gasteiger partial charge < -0.3 is 10.2 Å². The molecule has 28 heavy (non-hydrogen) atoms. The summed E-state index contributed by atoms with van der Waals surface area (Å²) in [5, 5.41) is 5.16. The third-order valence-electron chi connectivity index (χ3n) is 5.09. The molecule has 2 aromatic rings. The number of imide groups is 1. The maximum atomic E-state index is 13.0. The number of rotatable bonds is 6. The van der Waals surface area contributed by atoms with Crippen LogP contribution < -0.4 is 10.2 Å². The molecule has 4 rings (SSSR count). The van der Waals surface area contributed by atoms with Crippen LogP contribution >= 0.6 is 11.3 Å². The van der Waals surface area contributed by atoms with E-state index in [-0.39, 0.29) is 17.7 Å². The first-order chi connectivity index (χ1) is 13.5. The van der Waals surface area contributed by atoms with E-state index < -0.39 is 0 Å². The Morgan fingerprint density at radius 1 is 1.04 bits per heavy atom. The maximum Gasteiger partial charge on any atom is 0.278 e. The largest absolute Gasteiger partial charge is 0.372 e. The molecule has 0 radical (unpaired) electrons. The lowest BCUT2D eigenvalue weighted by Gasteiger charge is -2.18. The molecule has 0 spiro atoms. The zero-order valence-electron chi connectivity index (χ0n) is 16.3. The topological polar surface area (TPSA) is 52.7 Å². The molecule has 0 saturated carbocycles. The van der Waals surface area contributed by atoms with Gasteiger partial charge in [-0.15, -0.1) is 11.3 Å². The normalized spacial score (nSPS) is 17.4. The van der Waals surface area contributed by atoms with Crippen LogP contribution in [0.15, 0.2) is 47.5 Å². The number of carbonyl (C=O) groups is 2. The molecule has 5 nitrogen and oxygen atoms in total. The van der Waals surface area contributed by atoms with E-state index in [9.17, 15) is 9.59 Å². The summed E-state index contributed by atoms with van der Waals surface area (Å²) in [6, 6.07) is 11.9. The molecule has 0 bridgehead atoms. The summed E-state index contributed by atoms with van der Waals surface area (Å²) >= 11 is 1.48. The van der Waals surface area contributed by atoms with Crippen molar-refractivity contribution >= 4 is 40.1 Å². The van der Waals surface area contributed by atoms with Gasteiger partial charge in [-0.3, -0.25) is 14.5 Å². The number of carbonyl (C=O) groups excluding carboxylic acids is 2. The average molecular weight is 396 g/mol. The van der Waals surface area contributed by atoms with Gasteiger partial charge >= 0.3 is 0 Å². The molecule has 1 fully saturated rings. The first-order valence-corrected chi connectivity index (χ1v) is 10.7. The monoisotopic (exact) mass is 395 g/mol. The predicted octanol–water partition coefficient (Wildman–Crippen LogP) is 4.20. The number of amides is 2. The SMILES string of the molecule is CC(C)CN1C(=O)C(Nc2ccc(N3CCCC3)cc2)=C(c2cccs2)C1=O. The minimum atomic E-state index is -0.245. The summed E-state index contributed by atoms with van der Waals surface area (Å²) in [5.74, 6) is -0.236. The minimum Gasteiger partial charge on any atom is -0.372 e. The van der Waals surface area contributed by atoms with Gasteiger partial charge in [0, 0.05) is 35.9 Å². The highest BCUT2D eigenvalue weighted by Crippen LogP contribution is 2.33. The van der Waals surface area contributed by atoms with Crippen molar-refractivity contribution in [2.75, 3.05) is 29.9 Å². The molecule has 0 aliphatic carbocycles. The summed E-state index contributed by atoms with van der Waals surface area (Å²) in [6.45, 7) is 6.63. The van der Waals surface area contributed by atoms with Crippen molar-refractivity contribution in [3.05, 3.63) is 52.4 Å². The first kappa shape index (κ1) is 18.7. The standard InChI is InChI=1S/C22H25N3O2S/c1-15(2)14-25-21(26)19(18-6-5-13-28-18)20(22(25)27)23-16-7-9-17(10-8-16)24-11-3-4-12-24/h5-10,13,15,23H,3-4,11-12,14H2,1-2H3. The van der Waals surface area contributed by atoms with Crippen LogP contribution in [0, 0.1) is 5.92 Å². The van der Waals surface area contributed by atoms with Crippen LogP contribution in [0.2, 0.25) is 0 Å². The fourth-order valence-electron chi connectivity index (χ4n) is 3.75. The van der Waals surface area contributed by atoms with E-state index in [4.69, 9.17) is 0 Å². The summed E-state index contributed by atoms with van der Waals surface area (Å²) in [4.78, 5) is 30.6. The number of thiophene rings is 1. The fourth-order valence-corrected chi connectivity index (χ4v) is 4.52. The highest BCUT2D eigenvalue weighted by Gasteiger charge is 2.39. The van der Waals surface area contributed by atoms with Crippen LogP contribution in [0.4, 0.5) is 11.4 Å². The molecule has 3 heterocycles. The molecule has 0 atom stereocenters. The van der Waals surface area contributed by atoms with Crippen LogP contribution in [0.3, 0.4) is 0 Å². The van der Waals surface area contributed by atoms with Crippen LogP contribution in [0.5, 0.6) is 0 Å². The highest BCUT2D eigenvalue weighted by atomic mass is 32.1. The van der Waals surface area contributed by atoms with Gasteiger partial charge in [-0.25, -0.2) is 0 Å². The Morgan fingerprint density at radius 2 is 1.75 bits per heavy atom. The van der Waals surface area contributed by atoms with Gasteiger partial charge in [0.25, 0.3) is 11.8 Å². The first-order valence-electron chi connectivity index (χ1n) is 9.81. The molecular formula is C22H25N3O2S. The van der Waals surface area contributed by atoms with E-state index in [0.29, 0.717) is 17.8 Å². The highest BCUT2D eigenvalue weighted by molar-refractivity contribution is 7.11. The Hall–Kier alpha value is -2.60. The molecule has 2 aliphatic heterocycles. The van der Waals surface area contributed by atoms with E-state index in [1.807, 2.05) is 43.5 Å². The number of hydrogen-bond acceptors (Lipinski definition) is 5. The fraction of sp³-hybridized carbons (Fsp3) is 0.364. The third-order valence-corrected chi connectivity index (χ3v) is 5.98. The Kier molecular flexibility index (Phi) is 5.22. The Labute approximate surface area is 169 Å². The van der Waals surface area contributed by atoms with Crippen LogP contribution in [0.1, 0.15) is 31.6 Å². The maximum absolute atomic E-state index is 13.0. The van der Waals surface area contributed by atoms with Gasteiger partial charge in [-0.2, -0.15) is 0 Å². The molecule has 6 heteroatoms. The second kappa shape index (κ2) is 7.80. The summed E-state index contributed by atoms with van der Waals surface area (Å²) in [6.07, 6.45) is 2.47. The lowest BCUT2D eigenvalue weighted by Crippen LogP contribution is -2.35. The Balaban J connectivity index is 1.62. The van der Waals surface area contributed by atoms with E-state index in [0.717, 1.165) is 23.7 Å². The number of nitrogens with one attached hydrogen (secondary N) is 1. The molecule has 1 saturated heterocycles. The lowest BCUT2D eigenvalue weighted by molar-refractivity contribution is -0.137. The van der Waals surface area contributed by atoms with E-state index in [1.54, 1.807) is 0 Å². The molecule has 2 aliphatic rings. The van der Waals surface area contributed by atoms with Gasteiger partial charge in [0.2, 0.25) is 0 Å². The Morgan fingerprint density at radius 3 is 2.36 bits per heavy atom. The van der Waals surface area contributed by atoms with Gasteiger partial charge in [0.15, 0.2) is 0 Å². The second-order valence-corrected chi connectivity index (χ2v) is 8.66. The predicted molar refractivity (Wildman–Crippen MR) is 114 cm³/mol. The zero-order chi connectivity index (χ0) is 19.7. The van der Waals surface area contributed by atoms with Crippen molar-refractivity contribution in [1.29, 1.82) is 0 Å². The quantitative estimate of drug-likeness (QED) is 0.745. The minimum absolute atomic E-state index is 0.211.